The van der Waals surface area contributed by atoms with E-state index >= 15 is 0 Å². The summed E-state index contributed by atoms with van der Waals surface area (Å²) >= 11 is 0. The van der Waals surface area contributed by atoms with Crippen LogP contribution in [-0.2, 0) is 62.1 Å². The zero-order valence-electron chi connectivity index (χ0n) is 64.9. The van der Waals surface area contributed by atoms with Crippen molar-refractivity contribution < 1.29 is 60.7 Å². The zero-order chi connectivity index (χ0) is 71.8. The van der Waals surface area contributed by atoms with Crippen molar-refractivity contribution in [1.82, 2.24) is 0 Å². The van der Waals surface area contributed by atoms with Crippen molar-refractivity contribution in [1.29, 1.82) is 0 Å². The minimum absolute atomic E-state index is 0.0336. The van der Waals surface area contributed by atoms with Crippen LogP contribution in [-0.4, -0.2) is 132 Å². The van der Waals surface area contributed by atoms with E-state index in [9.17, 15) is 22.8 Å². The number of carbonyl (C=O) groups is 3. The van der Waals surface area contributed by atoms with Gasteiger partial charge in [0.05, 0.1) is 93.1 Å². The first-order valence-electron chi connectivity index (χ1n) is 37.9. The van der Waals surface area contributed by atoms with Crippen LogP contribution in [0.5, 0.6) is 0 Å². The number of cyclic esters (lactones) is 2. The number of nitrogens with zero attached hydrogens (tertiary/aromatic N) is 1. The van der Waals surface area contributed by atoms with Gasteiger partial charge in [0.25, 0.3) is 0 Å². The molecule has 8 aliphatic heterocycles. The monoisotopic (exact) mass is 1360 g/mol. The first-order chi connectivity index (χ1) is 44.5. The lowest BCUT2D eigenvalue weighted by molar-refractivity contribution is -0.155. The molecule has 554 valence electrons. The summed E-state index contributed by atoms with van der Waals surface area (Å²) in [5.41, 5.74) is 0. The van der Waals surface area contributed by atoms with Crippen LogP contribution in [0.1, 0.15) is 250 Å². The lowest BCUT2D eigenvalue weighted by atomic mass is 9.82. The number of dihydropyridines is 1. The number of hydrogen-bond donors (Lipinski definition) is 0. The third kappa shape index (κ3) is 35.4. The number of rotatable bonds is 0. The molecular formula is C80H145NO13S. The molecule has 14 nitrogen and oxygen atoms in total. The highest BCUT2D eigenvalue weighted by Gasteiger charge is 2.42. The van der Waals surface area contributed by atoms with Crippen LogP contribution in [0.2, 0.25) is 0 Å². The second-order valence-corrected chi connectivity index (χ2v) is 33.7. The van der Waals surface area contributed by atoms with Crippen molar-refractivity contribution in [3.8, 4) is 0 Å². The Kier molecular flexibility index (Phi) is 42.6. The molecule has 0 aromatic heterocycles. The smallest absolute Gasteiger partial charge is 0.308 e. The Hall–Kier alpha value is -2.79. The Morgan fingerprint density at radius 1 is 0.442 bits per heavy atom. The SMILES string of the molecule is C[C@@H]1C(=O)CCO[C@@H]1C.C[C@@H]1C2CCC(C2)[C@@H]1C.C[C@@H]1C=CC=C[C@@H]1C.C[C@@H]1C=CC=N[C@@H]1C.C[C@@H]1CC(=O)OC[C@@H]1C.C[C@@H]1CCCC[C@@H]1C.C[C@@H]1CCCO[C@@H]1C.C[C@@H]1CCOC(=O)[C@@H]1C.C[C@@H]1CCS(=O)(=O)C[C@@H]1C.C[C@@H]1OC(C)(C)O[C@@H]1C.C[C@@H]1OCCO[C@@H]1C. The maximum absolute atomic E-state index is 11.0. The Morgan fingerprint density at radius 3 is 1.26 bits per heavy atom. The summed E-state index contributed by atoms with van der Waals surface area (Å²) in [5, 5.41) is 0. The highest BCUT2D eigenvalue weighted by Crippen LogP contribution is 2.51. The molecule has 12 aliphatic rings. The second-order valence-electron chi connectivity index (χ2n) is 31.5. The average Bonchev–Trinajstić information content (AvgIpc) is 1.68. The number of fused-ring (bicyclic) bond motifs is 2. The minimum atomic E-state index is -2.66. The second kappa shape index (κ2) is 45.9. The minimum Gasteiger partial charge on any atom is -0.465 e. The van der Waals surface area contributed by atoms with Gasteiger partial charge in [-0.1, -0.05) is 160 Å². The lowest BCUT2D eigenvalue weighted by Gasteiger charge is -2.25. The molecule has 24 atom stereocenters. The third-order valence-electron chi connectivity index (χ3n) is 23.1. The number of ketones is 1. The Morgan fingerprint density at radius 2 is 0.937 bits per heavy atom. The molecule has 2 bridgehead atoms. The number of carbonyl (C=O) groups excluding carboxylic acids is 3. The van der Waals surface area contributed by atoms with Gasteiger partial charge in [-0.25, -0.2) is 8.42 Å². The average molecular weight is 1360 g/mol. The summed E-state index contributed by atoms with van der Waals surface area (Å²) in [6.07, 6.45) is 32.6. The van der Waals surface area contributed by atoms with Gasteiger partial charge in [0, 0.05) is 31.6 Å². The van der Waals surface area contributed by atoms with Crippen molar-refractivity contribution in [2.75, 3.05) is 51.1 Å². The van der Waals surface area contributed by atoms with Crippen LogP contribution in [0.15, 0.2) is 41.4 Å². The summed E-state index contributed by atoms with van der Waals surface area (Å²) in [6.45, 7) is 55.4. The molecule has 0 N–H and O–H groups in total. The Bertz CT molecular complexity index is 2150. The number of ether oxygens (including phenoxy) is 8. The van der Waals surface area contributed by atoms with E-state index in [1.807, 2.05) is 81.5 Å². The maximum Gasteiger partial charge on any atom is 0.308 e. The molecule has 3 saturated carbocycles. The van der Waals surface area contributed by atoms with Gasteiger partial charge in [-0.15, -0.1) is 0 Å². The first kappa shape index (κ1) is 88.3. The fraction of sp³-hybridized carbons (Fsp3) is 0.875. The molecule has 0 amide bonds. The number of aliphatic imine (C=N–C) groups is 1. The fourth-order valence-electron chi connectivity index (χ4n) is 13.0. The summed E-state index contributed by atoms with van der Waals surface area (Å²) in [6, 6.07) is 0.486. The fourth-order valence-corrected chi connectivity index (χ4v) is 15.0. The number of allylic oxidation sites excluding steroid dienone is 5. The number of Topliss-reactive ketones (excluding diaryl/α,β-unsaturated/α-hetero) is 1. The van der Waals surface area contributed by atoms with Crippen LogP contribution < -0.4 is 0 Å². The van der Waals surface area contributed by atoms with Gasteiger partial charge in [-0.2, -0.15) is 0 Å². The largest absolute Gasteiger partial charge is 0.465 e. The molecule has 0 radical (unpaired) electrons. The summed E-state index contributed by atoms with van der Waals surface area (Å²) in [4.78, 5) is 36.5. The van der Waals surface area contributed by atoms with Gasteiger partial charge < -0.3 is 37.9 Å². The molecule has 12 rings (SSSR count). The van der Waals surface area contributed by atoms with Crippen LogP contribution in [0.3, 0.4) is 0 Å². The lowest BCUT2D eigenvalue weighted by Crippen LogP contribution is -2.33. The zero-order valence-corrected chi connectivity index (χ0v) is 65.7. The van der Waals surface area contributed by atoms with Crippen LogP contribution in [0, 0.1) is 101 Å². The molecular weight excluding hydrogens is 1210 g/mol. The van der Waals surface area contributed by atoms with E-state index in [2.05, 4.69) is 132 Å². The van der Waals surface area contributed by atoms with Gasteiger partial charge in [0.1, 0.15) is 5.78 Å². The van der Waals surface area contributed by atoms with Gasteiger partial charge in [0.2, 0.25) is 0 Å². The molecule has 4 aliphatic carbocycles. The summed E-state index contributed by atoms with van der Waals surface area (Å²) < 4.78 is 63.7. The molecule has 0 aromatic rings. The third-order valence-corrected chi connectivity index (χ3v) is 25.0. The quantitative estimate of drug-likeness (QED) is 0.210. The molecule has 15 heteroatoms. The predicted molar refractivity (Wildman–Crippen MR) is 392 cm³/mol. The van der Waals surface area contributed by atoms with Crippen molar-refractivity contribution >= 4 is 33.8 Å². The number of hydrogen-bond acceptors (Lipinski definition) is 14. The van der Waals surface area contributed by atoms with Crippen molar-refractivity contribution in [3.63, 3.8) is 0 Å². The summed E-state index contributed by atoms with van der Waals surface area (Å²) in [5.74, 6) is 12.6. The maximum atomic E-state index is 11.0. The van der Waals surface area contributed by atoms with E-state index in [0.29, 0.717) is 97.6 Å². The highest BCUT2D eigenvalue weighted by atomic mass is 32.2. The Labute approximate surface area is 582 Å². The first-order valence-corrected chi connectivity index (χ1v) is 39.7. The summed E-state index contributed by atoms with van der Waals surface area (Å²) in [7, 11) is -2.66. The normalized spacial score (nSPS) is 39.8. The van der Waals surface area contributed by atoms with Crippen LogP contribution in [0.4, 0.5) is 0 Å². The molecule has 8 heterocycles. The van der Waals surface area contributed by atoms with Crippen molar-refractivity contribution in [3.05, 3.63) is 36.5 Å². The van der Waals surface area contributed by atoms with Gasteiger partial charge in [0.15, 0.2) is 15.6 Å². The predicted octanol–water partition coefficient (Wildman–Crippen LogP) is 18.2. The highest BCUT2D eigenvalue weighted by molar-refractivity contribution is 7.91. The van der Waals surface area contributed by atoms with Crippen molar-refractivity contribution in [2.24, 2.45) is 106 Å². The van der Waals surface area contributed by atoms with Gasteiger partial charge >= 0.3 is 11.9 Å². The van der Waals surface area contributed by atoms with Crippen molar-refractivity contribution in [2.45, 2.75) is 298 Å². The molecule has 0 aromatic carbocycles. The van der Waals surface area contributed by atoms with E-state index in [-0.39, 0.29) is 60.1 Å². The van der Waals surface area contributed by atoms with E-state index < -0.39 is 9.84 Å². The number of esters is 2. The molecule has 0 spiro atoms. The van der Waals surface area contributed by atoms with E-state index in [1.54, 1.807) is 6.42 Å². The van der Waals surface area contributed by atoms with E-state index in [4.69, 9.17) is 37.9 Å². The standard InChI is InChI=1S/C9H16.C8H16.C8H12.C7H11N.C7H14O2S.C7H14O2.3C7H12O2.C7H14O.C6H12O2/c1-6-7(2)9-4-3-8(6)5-9;2*1-7-5-3-4-6-8(7)2;1-6-4-3-5-8-7(6)2;1-6-3-4-10(8,9)5-7(6)2;1-5-6(2)9-7(3,4)8-5;1-5-3-7(8)9-4-6(5)2;1-5-6(2)9-4-3-7(5)8;1-5-3-4-9-7(8)6(5)2;1-6-4-3-5-8-7(6)2;1-5-6(2)8-4-3-7-5/h6-9H,3-5H2,1-2H3;7-8H,3-6H2,1-2H3;3-8H,1-2H3;3-7H,1-2H3;6-7H,3-5H2,1-2H3;5-6H,1-4H3;3*5-6H,3-4H2,1-2H3;6-7H,3-5H2,1-2H3;5-6H,3-4H2,1-2H3/t6-,7+,8?,9?;2*7-,8+;6-,7-;6-,7+;3*5-,6+;5-,6-;6-,7-;5-,6+/m...11.1011./s1. The molecule has 95 heavy (non-hydrogen) atoms. The van der Waals surface area contributed by atoms with Gasteiger partial charge in [-0.05, 0) is 202 Å². The van der Waals surface area contributed by atoms with E-state index in [0.717, 1.165) is 85.9 Å². The molecule has 7 saturated heterocycles. The van der Waals surface area contributed by atoms with E-state index in [1.165, 1.54) is 51.4 Å². The molecule has 10 fully saturated rings. The van der Waals surface area contributed by atoms with Gasteiger partial charge in [-0.3, -0.25) is 19.4 Å². The van der Waals surface area contributed by atoms with Crippen LogP contribution in [0.25, 0.3) is 0 Å². The molecule has 2 unspecified atom stereocenters. The van der Waals surface area contributed by atoms with Crippen LogP contribution >= 0.6 is 0 Å². The number of sulfone groups is 1. The topological polar surface area (TPSA) is 172 Å². The Balaban J connectivity index is 0.000000356.